The third-order valence-corrected chi connectivity index (χ3v) is 4.28. The van der Waals surface area contributed by atoms with Gasteiger partial charge in [-0.05, 0) is 42.8 Å². The van der Waals surface area contributed by atoms with Gasteiger partial charge in [-0.2, -0.15) is 5.10 Å². The van der Waals surface area contributed by atoms with Crippen LogP contribution in [-0.4, -0.2) is 15.7 Å². The number of aryl methyl sites for hydroxylation is 1. The Balaban J connectivity index is 1.79. The van der Waals surface area contributed by atoms with E-state index in [1.165, 1.54) is 12.1 Å². The molecule has 0 spiro atoms. The Hall–Kier alpha value is -2.80. The van der Waals surface area contributed by atoms with Gasteiger partial charge in [0.15, 0.2) is 0 Å². The van der Waals surface area contributed by atoms with E-state index < -0.39 is 17.3 Å². The highest BCUT2D eigenvalue weighted by atomic mass is 79.9. The van der Waals surface area contributed by atoms with Crippen LogP contribution in [0.15, 0.2) is 63.9 Å². The number of hydrogen-bond acceptors (Lipinski definition) is 3. The largest absolute Gasteiger partial charge is 0.324 e. The van der Waals surface area contributed by atoms with Gasteiger partial charge in [-0.25, -0.2) is 9.07 Å². The van der Waals surface area contributed by atoms with Gasteiger partial charge in [0, 0.05) is 21.8 Å². The number of anilines is 1. The Kier molecular flexibility index (Phi) is 5.27. The number of carbonyl (C=O) groups excluding carboxylic acids is 1. The summed E-state index contributed by atoms with van der Waals surface area (Å²) in [4.78, 5) is 24.2. The summed E-state index contributed by atoms with van der Waals surface area (Å²) in [6, 6.07) is 14.8. The highest BCUT2D eigenvalue weighted by molar-refractivity contribution is 9.10. The van der Waals surface area contributed by atoms with Crippen molar-refractivity contribution in [3.63, 3.8) is 0 Å². The van der Waals surface area contributed by atoms with Gasteiger partial charge in [0.1, 0.15) is 12.4 Å². The molecule has 0 unspecified atom stereocenters. The van der Waals surface area contributed by atoms with Crippen LogP contribution in [0.3, 0.4) is 0 Å². The van der Waals surface area contributed by atoms with Crippen molar-refractivity contribution in [3.05, 3.63) is 80.8 Å². The number of aromatic nitrogens is 2. The molecule has 0 aliphatic rings. The quantitative estimate of drug-likeness (QED) is 0.705. The highest BCUT2D eigenvalue weighted by Crippen LogP contribution is 2.19. The fraction of sp³-hybridized carbons (Fsp3) is 0.105. The lowest BCUT2D eigenvalue weighted by molar-refractivity contribution is -0.117. The molecular formula is C19H15BrFN3O2. The zero-order chi connectivity index (χ0) is 18.7. The molecule has 0 radical (unpaired) electrons. The first-order valence-electron chi connectivity index (χ1n) is 7.82. The minimum Gasteiger partial charge on any atom is -0.324 e. The van der Waals surface area contributed by atoms with Crippen LogP contribution in [0.1, 0.15) is 5.56 Å². The van der Waals surface area contributed by atoms with E-state index in [4.69, 9.17) is 0 Å². The minimum atomic E-state index is -0.462. The standard InChI is InChI=1S/C19H15BrFN3O2/c1-12-2-7-15(10-16(12)21)22-18(25)11-24-19(26)9-8-17(23-24)13-3-5-14(20)6-4-13/h2-10H,11H2,1H3,(H,22,25). The lowest BCUT2D eigenvalue weighted by atomic mass is 10.1. The molecule has 0 aliphatic heterocycles. The molecule has 7 heteroatoms. The van der Waals surface area contributed by atoms with Crippen LogP contribution in [0.2, 0.25) is 0 Å². The van der Waals surface area contributed by atoms with E-state index in [1.54, 1.807) is 25.1 Å². The van der Waals surface area contributed by atoms with Gasteiger partial charge < -0.3 is 5.32 Å². The van der Waals surface area contributed by atoms with Crippen molar-refractivity contribution in [2.75, 3.05) is 5.32 Å². The molecule has 1 aromatic heterocycles. The number of nitrogens with zero attached hydrogens (tertiary/aromatic N) is 2. The molecule has 132 valence electrons. The number of benzene rings is 2. The van der Waals surface area contributed by atoms with Crippen molar-refractivity contribution >= 4 is 27.5 Å². The molecule has 0 bridgehead atoms. The van der Waals surface area contributed by atoms with E-state index in [2.05, 4.69) is 26.3 Å². The lowest BCUT2D eigenvalue weighted by Gasteiger charge is -2.09. The van der Waals surface area contributed by atoms with E-state index in [1.807, 2.05) is 24.3 Å². The normalized spacial score (nSPS) is 10.6. The molecule has 1 N–H and O–H groups in total. The maximum atomic E-state index is 13.6. The lowest BCUT2D eigenvalue weighted by Crippen LogP contribution is -2.29. The SMILES string of the molecule is Cc1ccc(NC(=O)Cn2nc(-c3ccc(Br)cc3)ccc2=O)cc1F. The second-order valence-electron chi connectivity index (χ2n) is 5.73. The molecule has 3 rings (SSSR count). The van der Waals surface area contributed by atoms with Crippen molar-refractivity contribution in [1.82, 2.24) is 9.78 Å². The minimum absolute atomic E-state index is 0.265. The van der Waals surface area contributed by atoms with Crippen LogP contribution in [0.5, 0.6) is 0 Å². The summed E-state index contributed by atoms with van der Waals surface area (Å²) >= 11 is 3.36. The Morgan fingerprint density at radius 2 is 1.88 bits per heavy atom. The fourth-order valence-corrected chi connectivity index (χ4v) is 2.61. The second kappa shape index (κ2) is 7.61. The number of hydrogen-bond donors (Lipinski definition) is 1. The third kappa shape index (κ3) is 4.23. The van der Waals surface area contributed by atoms with E-state index in [9.17, 15) is 14.0 Å². The summed E-state index contributed by atoms with van der Waals surface area (Å²) in [5, 5.41) is 6.81. The molecule has 0 fully saturated rings. The Morgan fingerprint density at radius 1 is 1.15 bits per heavy atom. The fourth-order valence-electron chi connectivity index (χ4n) is 2.34. The zero-order valence-corrected chi connectivity index (χ0v) is 15.5. The van der Waals surface area contributed by atoms with Crippen LogP contribution in [0, 0.1) is 12.7 Å². The van der Waals surface area contributed by atoms with Crippen LogP contribution >= 0.6 is 15.9 Å². The topological polar surface area (TPSA) is 64.0 Å². The molecule has 1 heterocycles. The van der Waals surface area contributed by atoms with Crippen LogP contribution in [0.25, 0.3) is 11.3 Å². The van der Waals surface area contributed by atoms with Crippen molar-refractivity contribution < 1.29 is 9.18 Å². The summed E-state index contributed by atoms with van der Waals surface area (Å²) < 4.78 is 15.6. The van der Waals surface area contributed by atoms with Crippen LogP contribution < -0.4 is 10.9 Å². The summed E-state index contributed by atoms with van der Waals surface area (Å²) in [7, 11) is 0. The van der Waals surface area contributed by atoms with Gasteiger partial charge >= 0.3 is 0 Å². The predicted octanol–water partition coefficient (Wildman–Crippen LogP) is 3.76. The average Bonchev–Trinajstić information content (AvgIpc) is 2.61. The molecule has 1 amide bonds. The third-order valence-electron chi connectivity index (χ3n) is 3.76. The number of carbonyl (C=O) groups is 1. The molecule has 0 atom stereocenters. The Bertz CT molecular complexity index is 1020. The molecule has 3 aromatic rings. The van der Waals surface area contributed by atoms with Crippen LogP contribution in [0.4, 0.5) is 10.1 Å². The van der Waals surface area contributed by atoms with Gasteiger partial charge in [0.2, 0.25) is 5.91 Å². The van der Waals surface area contributed by atoms with Crippen molar-refractivity contribution in [2.24, 2.45) is 0 Å². The maximum absolute atomic E-state index is 13.6. The van der Waals surface area contributed by atoms with Gasteiger partial charge in [-0.15, -0.1) is 0 Å². The predicted molar refractivity (Wildman–Crippen MR) is 101 cm³/mol. The first-order chi connectivity index (χ1) is 12.4. The van der Waals surface area contributed by atoms with E-state index >= 15 is 0 Å². The number of halogens is 2. The monoisotopic (exact) mass is 415 g/mol. The molecule has 2 aromatic carbocycles. The summed E-state index contributed by atoms with van der Waals surface area (Å²) in [5.74, 6) is -0.869. The first kappa shape index (κ1) is 18.0. The van der Waals surface area contributed by atoms with E-state index in [0.29, 0.717) is 16.9 Å². The molecule has 0 aliphatic carbocycles. The van der Waals surface area contributed by atoms with Crippen molar-refractivity contribution in [3.8, 4) is 11.3 Å². The molecule has 0 saturated heterocycles. The highest BCUT2D eigenvalue weighted by Gasteiger charge is 2.09. The zero-order valence-electron chi connectivity index (χ0n) is 13.9. The van der Waals surface area contributed by atoms with Gasteiger partial charge in [0.25, 0.3) is 5.56 Å². The van der Waals surface area contributed by atoms with Gasteiger partial charge in [-0.3, -0.25) is 9.59 Å². The van der Waals surface area contributed by atoms with Crippen molar-refractivity contribution in [2.45, 2.75) is 13.5 Å². The summed E-state index contributed by atoms with van der Waals surface area (Å²) in [5.41, 5.74) is 1.82. The Morgan fingerprint density at radius 3 is 2.58 bits per heavy atom. The van der Waals surface area contributed by atoms with E-state index in [-0.39, 0.29) is 6.54 Å². The summed E-state index contributed by atoms with van der Waals surface area (Å²) in [6.07, 6.45) is 0. The number of amides is 1. The van der Waals surface area contributed by atoms with Gasteiger partial charge in [-0.1, -0.05) is 34.1 Å². The van der Waals surface area contributed by atoms with Gasteiger partial charge in [0.05, 0.1) is 5.69 Å². The van der Waals surface area contributed by atoms with Crippen LogP contribution in [-0.2, 0) is 11.3 Å². The molecular weight excluding hydrogens is 401 g/mol. The first-order valence-corrected chi connectivity index (χ1v) is 8.62. The summed E-state index contributed by atoms with van der Waals surface area (Å²) in [6.45, 7) is 1.37. The molecule has 0 saturated carbocycles. The van der Waals surface area contributed by atoms with E-state index in [0.717, 1.165) is 14.7 Å². The Labute approximate surface area is 157 Å². The number of rotatable bonds is 4. The molecule has 26 heavy (non-hydrogen) atoms. The molecule has 5 nitrogen and oxygen atoms in total. The second-order valence-corrected chi connectivity index (χ2v) is 6.65. The van der Waals surface area contributed by atoms with Crippen molar-refractivity contribution in [1.29, 1.82) is 0 Å². The maximum Gasteiger partial charge on any atom is 0.267 e. The number of nitrogens with one attached hydrogen (secondary N) is 1. The smallest absolute Gasteiger partial charge is 0.267 e. The average molecular weight is 416 g/mol.